The molecule has 3 amide bonds. The number of carbonyl (C=O) groups is 2. The van der Waals surface area contributed by atoms with Gasteiger partial charge in [0.15, 0.2) is 5.03 Å². The summed E-state index contributed by atoms with van der Waals surface area (Å²) < 4.78 is 25.0. The lowest BCUT2D eigenvalue weighted by atomic mass is 10.3. The number of rotatable bonds is 2. The van der Waals surface area contributed by atoms with E-state index in [1.54, 1.807) is 24.3 Å². The zero-order chi connectivity index (χ0) is 13.6. The Hall–Kier alpha value is -2.35. The Balaban J connectivity index is 2.09. The molecule has 7 nitrogen and oxygen atoms in total. The normalized spacial score (nSPS) is 16.1. The zero-order valence-corrected chi connectivity index (χ0v) is 10.4. The highest BCUT2D eigenvalue weighted by molar-refractivity contribution is 7.89. The predicted molar refractivity (Wildman–Crippen MR) is 65.7 cm³/mol. The van der Waals surface area contributed by atoms with Gasteiger partial charge in [-0.1, -0.05) is 18.2 Å². The number of hydrogen-bond acceptors (Lipinski definition) is 4. The van der Waals surface area contributed by atoms with Crippen molar-refractivity contribution in [3.8, 4) is 0 Å². The molecular weight excluding hydrogens is 270 g/mol. The molecule has 1 aromatic heterocycles. The maximum atomic E-state index is 12.2. The van der Waals surface area contributed by atoms with Gasteiger partial charge in [-0.15, -0.1) is 0 Å². The third-order valence-corrected chi connectivity index (χ3v) is 4.48. The molecule has 0 radical (unpaired) electrons. The molecule has 1 saturated heterocycles. The smallest absolute Gasteiger partial charge is 0.338 e. The van der Waals surface area contributed by atoms with E-state index >= 15 is 0 Å². The summed E-state index contributed by atoms with van der Waals surface area (Å²) in [5.41, 5.74) is 0.645. The SMILES string of the molecule is O=C1CN(S(=O)(=O)c2cc3ccccc3[nH]2)C(=O)N1. The van der Waals surface area contributed by atoms with Crippen LogP contribution in [-0.2, 0) is 14.8 Å². The van der Waals surface area contributed by atoms with Crippen molar-refractivity contribution in [1.82, 2.24) is 14.6 Å². The molecule has 1 fully saturated rings. The van der Waals surface area contributed by atoms with E-state index in [9.17, 15) is 18.0 Å². The first-order valence-corrected chi connectivity index (χ1v) is 6.87. The zero-order valence-electron chi connectivity index (χ0n) is 9.58. The highest BCUT2D eigenvalue weighted by Crippen LogP contribution is 2.22. The summed E-state index contributed by atoms with van der Waals surface area (Å²) in [6.07, 6.45) is 0. The van der Waals surface area contributed by atoms with Crippen molar-refractivity contribution in [2.75, 3.05) is 6.54 Å². The molecule has 2 aromatic rings. The van der Waals surface area contributed by atoms with Crippen LogP contribution in [-0.4, -0.2) is 36.2 Å². The second kappa shape index (κ2) is 3.82. The minimum atomic E-state index is -4.04. The number of urea groups is 1. The molecule has 8 heteroatoms. The number of nitrogens with zero attached hydrogens (tertiary/aromatic N) is 1. The van der Waals surface area contributed by atoms with E-state index in [1.807, 2.05) is 5.32 Å². The highest BCUT2D eigenvalue weighted by Gasteiger charge is 2.38. The Labute approximate surface area is 108 Å². The maximum absolute atomic E-state index is 12.2. The minimum Gasteiger partial charge on any atom is -0.344 e. The largest absolute Gasteiger partial charge is 0.344 e. The van der Waals surface area contributed by atoms with Crippen LogP contribution in [0.15, 0.2) is 35.4 Å². The van der Waals surface area contributed by atoms with Gasteiger partial charge in [0.2, 0.25) is 5.91 Å². The third kappa shape index (κ3) is 1.76. The molecule has 0 spiro atoms. The third-order valence-electron chi connectivity index (χ3n) is 2.83. The lowest BCUT2D eigenvalue weighted by molar-refractivity contribution is -0.118. The Morgan fingerprint density at radius 1 is 1.16 bits per heavy atom. The lowest BCUT2D eigenvalue weighted by Crippen LogP contribution is -2.34. The molecule has 1 aliphatic rings. The van der Waals surface area contributed by atoms with E-state index in [1.165, 1.54) is 6.07 Å². The van der Waals surface area contributed by atoms with Gasteiger partial charge in [0.1, 0.15) is 6.54 Å². The van der Waals surface area contributed by atoms with Gasteiger partial charge in [-0.2, -0.15) is 8.42 Å². The summed E-state index contributed by atoms with van der Waals surface area (Å²) in [6, 6.07) is 7.52. The molecule has 98 valence electrons. The number of imide groups is 1. The summed E-state index contributed by atoms with van der Waals surface area (Å²) in [6.45, 7) is -0.490. The van der Waals surface area contributed by atoms with Crippen LogP contribution in [0, 0.1) is 0 Å². The number of aromatic nitrogens is 1. The molecule has 0 saturated carbocycles. The van der Waals surface area contributed by atoms with Gasteiger partial charge >= 0.3 is 6.03 Å². The van der Waals surface area contributed by atoms with Gasteiger partial charge < -0.3 is 4.98 Å². The summed E-state index contributed by atoms with van der Waals surface area (Å²) >= 11 is 0. The van der Waals surface area contributed by atoms with E-state index in [0.29, 0.717) is 15.2 Å². The Morgan fingerprint density at radius 3 is 2.53 bits per heavy atom. The highest BCUT2D eigenvalue weighted by atomic mass is 32.2. The summed E-state index contributed by atoms with van der Waals surface area (Å²) in [5.74, 6) is -0.635. The number of nitrogens with one attached hydrogen (secondary N) is 2. The molecule has 0 atom stereocenters. The number of amides is 3. The average molecular weight is 279 g/mol. The molecular formula is C11H9N3O4S. The van der Waals surface area contributed by atoms with Gasteiger partial charge in [0.05, 0.1) is 0 Å². The van der Waals surface area contributed by atoms with E-state index < -0.39 is 28.5 Å². The summed E-state index contributed by atoms with van der Waals surface area (Å²) in [7, 11) is -4.04. The quantitative estimate of drug-likeness (QED) is 0.777. The minimum absolute atomic E-state index is 0.112. The Bertz CT molecular complexity index is 760. The maximum Gasteiger partial charge on any atom is 0.338 e. The predicted octanol–water partition coefficient (Wildman–Crippen LogP) is 0.408. The fourth-order valence-electron chi connectivity index (χ4n) is 1.92. The van der Waals surface area contributed by atoms with Crippen LogP contribution in [0.25, 0.3) is 10.9 Å². The van der Waals surface area contributed by atoms with E-state index in [0.717, 1.165) is 0 Å². The van der Waals surface area contributed by atoms with Gasteiger partial charge in [0, 0.05) is 10.9 Å². The monoisotopic (exact) mass is 279 g/mol. The number of aromatic amines is 1. The molecule has 2 heterocycles. The fraction of sp³-hybridized carbons (Fsp3) is 0.0909. The van der Waals surface area contributed by atoms with Crippen molar-refractivity contribution < 1.29 is 18.0 Å². The average Bonchev–Trinajstić information content (AvgIpc) is 2.92. The van der Waals surface area contributed by atoms with Crippen LogP contribution in [0.4, 0.5) is 4.79 Å². The number of hydrogen-bond donors (Lipinski definition) is 2. The number of para-hydroxylation sites is 1. The number of H-pyrrole nitrogens is 1. The molecule has 2 N–H and O–H groups in total. The fourth-order valence-corrected chi connectivity index (χ4v) is 3.23. The standard InChI is InChI=1S/C11H9N3O4S/c15-9-6-14(11(16)13-9)19(17,18)10-5-7-3-1-2-4-8(7)12-10/h1-5,12H,6H2,(H,13,15,16). The number of benzene rings is 1. The van der Waals surface area contributed by atoms with Gasteiger partial charge in [-0.3, -0.25) is 10.1 Å². The van der Waals surface area contributed by atoms with Gasteiger partial charge in [0.25, 0.3) is 10.0 Å². The first kappa shape index (κ1) is 11.7. The van der Waals surface area contributed by atoms with Crippen molar-refractivity contribution in [2.45, 2.75) is 5.03 Å². The van der Waals surface area contributed by atoms with Crippen molar-refractivity contribution in [3.63, 3.8) is 0 Å². The van der Waals surface area contributed by atoms with Crippen molar-refractivity contribution >= 4 is 32.9 Å². The van der Waals surface area contributed by atoms with Crippen molar-refractivity contribution in [1.29, 1.82) is 0 Å². The number of carbonyl (C=O) groups excluding carboxylic acids is 2. The van der Waals surface area contributed by atoms with Crippen LogP contribution < -0.4 is 5.32 Å². The second-order valence-electron chi connectivity index (χ2n) is 4.09. The van der Waals surface area contributed by atoms with Crippen LogP contribution in [0.3, 0.4) is 0 Å². The molecule has 0 unspecified atom stereocenters. The first-order chi connectivity index (χ1) is 8.98. The van der Waals surface area contributed by atoms with Gasteiger partial charge in [-0.05, 0) is 12.1 Å². The molecule has 1 aromatic carbocycles. The molecule has 0 bridgehead atoms. The number of sulfonamides is 1. The van der Waals surface area contributed by atoms with Gasteiger partial charge in [-0.25, -0.2) is 9.10 Å². The summed E-state index contributed by atoms with van der Waals surface area (Å²) in [4.78, 5) is 25.2. The van der Waals surface area contributed by atoms with Crippen LogP contribution >= 0.6 is 0 Å². The van der Waals surface area contributed by atoms with E-state index in [-0.39, 0.29) is 5.03 Å². The van der Waals surface area contributed by atoms with Crippen molar-refractivity contribution in [2.24, 2.45) is 0 Å². The summed E-state index contributed by atoms with van der Waals surface area (Å²) in [5, 5.41) is 2.53. The molecule has 19 heavy (non-hydrogen) atoms. The van der Waals surface area contributed by atoms with E-state index in [4.69, 9.17) is 0 Å². The lowest BCUT2D eigenvalue weighted by Gasteiger charge is -2.11. The van der Waals surface area contributed by atoms with Crippen LogP contribution in [0.1, 0.15) is 0 Å². The molecule has 1 aliphatic heterocycles. The first-order valence-electron chi connectivity index (χ1n) is 5.43. The van der Waals surface area contributed by atoms with Crippen LogP contribution in [0.5, 0.6) is 0 Å². The van der Waals surface area contributed by atoms with E-state index in [2.05, 4.69) is 4.98 Å². The second-order valence-corrected chi connectivity index (χ2v) is 5.92. The molecule has 3 rings (SSSR count). The van der Waals surface area contributed by atoms with Crippen molar-refractivity contribution in [3.05, 3.63) is 30.3 Å². The Morgan fingerprint density at radius 2 is 1.89 bits per heavy atom. The Kier molecular flexibility index (Phi) is 2.36. The number of fused-ring (bicyclic) bond motifs is 1. The van der Waals surface area contributed by atoms with Crippen LogP contribution in [0.2, 0.25) is 0 Å². The molecule has 0 aliphatic carbocycles. The topological polar surface area (TPSA) is 99.3 Å².